The number of morpholine rings is 1. The summed E-state index contributed by atoms with van der Waals surface area (Å²) in [5, 5.41) is 0. The Bertz CT molecular complexity index is 763. The molecule has 8 nitrogen and oxygen atoms in total. The van der Waals surface area contributed by atoms with Crippen LogP contribution < -0.4 is 10.5 Å². The number of amides is 1. The minimum Gasteiger partial charge on any atom is -0.381 e. The number of aromatic nitrogens is 2. The summed E-state index contributed by atoms with van der Waals surface area (Å²) in [7, 11) is 1.72. The van der Waals surface area contributed by atoms with Gasteiger partial charge in [-0.15, -0.1) is 0 Å². The first kappa shape index (κ1) is 17.5. The van der Waals surface area contributed by atoms with Crippen LogP contribution in [0.3, 0.4) is 0 Å². The highest BCUT2D eigenvalue weighted by atomic mass is 16.5. The number of anilines is 1. The first-order valence-electron chi connectivity index (χ1n) is 9.12. The van der Waals surface area contributed by atoms with Crippen LogP contribution in [0.5, 0.6) is 0 Å². The fraction of sp³-hybridized carbons (Fsp3) is 0.722. The van der Waals surface area contributed by atoms with Crippen molar-refractivity contribution in [3.05, 3.63) is 22.7 Å². The monoisotopic (exact) mass is 362 g/mol. The van der Waals surface area contributed by atoms with Gasteiger partial charge in [0.2, 0.25) is 5.91 Å². The average molecular weight is 362 g/mol. The number of carbonyl (C=O) groups is 1. The number of aryl methyl sites for hydroxylation is 1. The molecule has 0 aromatic carbocycles. The molecule has 1 aromatic heterocycles. The van der Waals surface area contributed by atoms with Gasteiger partial charge in [-0.1, -0.05) is 0 Å². The molecule has 1 unspecified atom stereocenters. The second-order valence-corrected chi connectivity index (χ2v) is 8.32. The first-order chi connectivity index (χ1) is 12.3. The van der Waals surface area contributed by atoms with Crippen molar-refractivity contribution in [2.45, 2.75) is 31.5 Å². The molecule has 0 aliphatic carbocycles. The van der Waals surface area contributed by atoms with Gasteiger partial charge in [-0.3, -0.25) is 9.59 Å². The SMILES string of the molecule is Cn1ccnc(N2CC3(CN(C(=O)C4CCOC4)CC(C)(C)O3)C2)c1=O. The molecule has 3 saturated heterocycles. The molecule has 8 heteroatoms. The van der Waals surface area contributed by atoms with E-state index in [1.54, 1.807) is 19.4 Å². The van der Waals surface area contributed by atoms with Crippen LogP contribution in [0.4, 0.5) is 5.82 Å². The summed E-state index contributed by atoms with van der Waals surface area (Å²) < 4.78 is 13.3. The molecule has 4 rings (SSSR count). The molecule has 3 fully saturated rings. The summed E-state index contributed by atoms with van der Waals surface area (Å²) in [5.74, 6) is 0.556. The third-order valence-corrected chi connectivity index (χ3v) is 5.39. The number of hydrogen-bond acceptors (Lipinski definition) is 6. The van der Waals surface area contributed by atoms with Gasteiger partial charge in [-0.2, -0.15) is 0 Å². The van der Waals surface area contributed by atoms with Crippen molar-refractivity contribution in [2.24, 2.45) is 13.0 Å². The summed E-state index contributed by atoms with van der Waals surface area (Å²) in [6.07, 6.45) is 4.06. The Kier molecular flexibility index (Phi) is 4.07. The summed E-state index contributed by atoms with van der Waals surface area (Å²) >= 11 is 0. The van der Waals surface area contributed by atoms with Gasteiger partial charge in [0.05, 0.1) is 37.8 Å². The van der Waals surface area contributed by atoms with Gasteiger partial charge in [-0.05, 0) is 20.3 Å². The third-order valence-electron chi connectivity index (χ3n) is 5.39. The van der Waals surface area contributed by atoms with E-state index in [4.69, 9.17) is 9.47 Å². The average Bonchev–Trinajstić information content (AvgIpc) is 3.07. The molecule has 26 heavy (non-hydrogen) atoms. The lowest BCUT2D eigenvalue weighted by atomic mass is 9.87. The highest BCUT2D eigenvalue weighted by Crippen LogP contribution is 2.37. The normalized spacial score (nSPS) is 26.8. The quantitative estimate of drug-likeness (QED) is 0.738. The van der Waals surface area contributed by atoms with Crippen LogP contribution in [-0.4, -0.2) is 71.0 Å². The molecule has 142 valence electrons. The van der Waals surface area contributed by atoms with Crippen molar-refractivity contribution in [1.29, 1.82) is 0 Å². The minimum atomic E-state index is -0.445. The molecular weight excluding hydrogens is 336 g/mol. The van der Waals surface area contributed by atoms with Crippen molar-refractivity contribution in [3.8, 4) is 0 Å². The molecule has 4 heterocycles. The van der Waals surface area contributed by atoms with Gasteiger partial charge in [0.15, 0.2) is 5.82 Å². The fourth-order valence-corrected chi connectivity index (χ4v) is 4.32. The Morgan fingerprint density at radius 2 is 2.04 bits per heavy atom. The van der Waals surface area contributed by atoms with E-state index in [9.17, 15) is 9.59 Å². The topological polar surface area (TPSA) is 76.9 Å². The number of rotatable bonds is 2. The zero-order valence-corrected chi connectivity index (χ0v) is 15.6. The molecule has 1 atom stereocenters. The molecule has 1 aromatic rings. The van der Waals surface area contributed by atoms with Crippen LogP contribution in [0.15, 0.2) is 17.2 Å². The third kappa shape index (κ3) is 3.01. The second kappa shape index (κ2) is 6.06. The molecule has 0 bridgehead atoms. The molecule has 3 aliphatic rings. The Morgan fingerprint density at radius 1 is 1.27 bits per heavy atom. The second-order valence-electron chi connectivity index (χ2n) is 8.32. The molecule has 1 amide bonds. The number of carbonyl (C=O) groups excluding carboxylic acids is 1. The summed E-state index contributed by atoms with van der Waals surface area (Å²) in [5.41, 5.74) is -0.984. The molecule has 0 radical (unpaired) electrons. The van der Waals surface area contributed by atoms with E-state index < -0.39 is 11.2 Å². The van der Waals surface area contributed by atoms with Gasteiger partial charge in [0.1, 0.15) is 5.60 Å². The highest BCUT2D eigenvalue weighted by Gasteiger charge is 2.54. The number of hydrogen-bond donors (Lipinski definition) is 0. The van der Waals surface area contributed by atoms with Crippen molar-refractivity contribution in [3.63, 3.8) is 0 Å². The van der Waals surface area contributed by atoms with Gasteiger partial charge < -0.3 is 23.8 Å². The van der Waals surface area contributed by atoms with E-state index >= 15 is 0 Å². The van der Waals surface area contributed by atoms with Crippen molar-refractivity contribution in [2.75, 3.05) is 44.3 Å². The Balaban J connectivity index is 1.51. The van der Waals surface area contributed by atoms with Gasteiger partial charge in [-0.25, -0.2) is 4.98 Å². The fourth-order valence-electron chi connectivity index (χ4n) is 4.32. The Labute approximate surface area is 152 Å². The van der Waals surface area contributed by atoms with E-state index in [-0.39, 0.29) is 17.4 Å². The summed E-state index contributed by atoms with van der Waals surface area (Å²) in [6, 6.07) is 0. The molecule has 3 aliphatic heterocycles. The van der Waals surface area contributed by atoms with Crippen LogP contribution in [0.2, 0.25) is 0 Å². The number of nitrogens with zero attached hydrogens (tertiary/aromatic N) is 4. The Hall–Kier alpha value is -1.93. The molecule has 1 spiro atoms. The van der Waals surface area contributed by atoms with Gasteiger partial charge in [0.25, 0.3) is 5.56 Å². The van der Waals surface area contributed by atoms with Crippen molar-refractivity contribution in [1.82, 2.24) is 14.5 Å². The van der Waals surface area contributed by atoms with Crippen LogP contribution in [0.25, 0.3) is 0 Å². The predicted molar refractivity (Wildman–Crippen MR) is 95.1 cm³/mol. The highest BCUT2D eigenvalue weighted by molar-refractivity contribution is 5.79. The van der Waals surface area contributed by atoms with E-state index in [1.807, 2.05) is 23.6 Å². The van der Waals surface area contributed by atoms with Gasteiger partial charge in [0, 0.05) is 32.6 Å². The van der Waals surface area contributed by atoms with Crippen LogP contribution >= 0.6 is 0 Å². The van der Waals surface area contributed by atoms with E-state index in [0.717, 1.165) is 6.42 Å². The predicted octanol–water partition coefficient (Wildman–Crippen LogP) is 0.0130. The summed E-state index contributed by atoms with van der Waals surface area (Å²) in [4.78, 5) is 33.3. The standard InChI is InChI=1S/C18H26N4O4/c1-17(2)9-22(15(23)13-4-7-25-8-13)12-18(26-17)10-21(11-18)14-16(24)20(3)6-5-19-14/h5-6,13H,4,7-12H2,1-3H3. The maximum absolute atomic E-state index is 12.9. The first-order valence-corrected chi connectivity index (χ1v) is 9.12. The Morgan fingerprint density at radius 3 is 2.73 bits per heavy atom. The van der Waals surface area contributed by atoms with E-state index in [0.29, 0.717) is 45.2 Å². The van der Waals surface area contributed by atoms with Gasteiger partial charge >= 0.3 is 0 Å². The molecule has 0 saturated carbocycles. The molecule has 0 N–H and O–H groups in total. The van der Waals surface area contributed by atoms with E-state index in [2.05, 4.69) is 4.98 Å². The number of ether oxygens (including phenoxy) is 2. The minimum absolute atomic E-state index is 0.0415. The lowest BCUT2D eigenvalue weighted by molar-refractivity contribution is -0.210. The zero-order chi connectivity index (χ0) is 18.5. The maximum atomic E-state index is 12.9. The van der Waals surface area contributed by atoms with Crippen LogP contribution in [0, 0.1) is 5.92 Å². The lowest BCUT2D eigenvalue weighted by Crippen LogP contribution is -2.75. The summed E-state index contributed by atoms with van der Waals surface area (Å²) in [6.45, 7) is 7.46. The van der Waals surface area contributed by atoms with Crippen molar-refractivity contribution >= 4 is 11.7 Å². The molecular formula is C18H26N4O4. The smallest absolute Gasteiger partial charge is 0.293 e. The van der Waals surface area contributed by atoms with E-state index in [1.165, 1.54) is 4.57 Å². The maximum Gasteiger partial charge on any atom is 0.293 e. The van der Waals surface area contributed by atoms with Crippen molar-refractivity contribution < 1.29 is 14.3 Å². The van der Waals surface area contributed by atoms with Crippen LogP contribution in [-0.2, 0) is 21.3 Å². The zero-order valence-electron chi connectivity index (χ0n) is 15.6. The largest absolute Gasteiger partial charge is 0.381 e. The van der Waals surface area contributed by atoms with Crippen LogP contribution in [0.1, 0.15) is 20.3 Å². The lowest BCUT2D eigenvalue weighted by Gasteiger charge is -2.58.